The first-order valence-corrected chi connectivity index (χ1v) is 6.04. The van der Waals surface area contributed by atoms with Crippen molar-refractivity contribution in [3.63, 3.8) is 0 Å². The lowest BCUT2D eigenvalue weighted by atomic mass is 9.97. The second-order valence-corrected chi connectivity index (χ2v) is 4.37. The third kappa shape index (κ3) is 2.37. The molecule has 2 unspecified atom stereocenters. The van der Waals surface area contributed by atoms with Gasteiger partial charge in [0.05, 0.1) is 6.61 Å². The molecule has 0 aliphatic carbocycles. The fourth-order valence-corrected chi connectivity index (χ4v) is 2.12. The van der Waals surface area contributed by atoms with Crippen molar-refractivity contribution in [1.29, 1.82) is 0 Å². The lowest BCUT2D eigenvalue weighted by Gasteiger charge is -2.18. The molecule has 0 spiro atoms. The van der Waals surface area contributed by atoms with Gasteiger partial charge in [0.25, 0.3) is 0 Å². The summed E-state index contributed by atoms with van der Waals surface area (Å²) in [6, 6.07) is 5.47. The second kappa shape index (κ2) is 5.21. The number of carbonyl (C=O) groups is 1. The van der Waals surface area contributed by atoms with Gasteiger partial charge in [0.15, 0.2) is 18.5 Å². The maximum atomic E-state index is 11.8. The Morgan fingerprint density at radius 1 is 1.44 bits per heavy atom. The van der Waals surface area contributed by atoms with Crippen LogP contribution in [0.4, 0.5) is 0 Å². The molecule has 0 aromatic heterocycles. The molecular formula is C14H17NO3. The largest absolute Gasteiger partial charge is 0.473 e. The van der Waals surface area contributed by atoms with Crippen molar-refractivity contribution in [3.05, 3.63) is 34.9 Å². The lowest BCUT2D eigenvalue weighted by molar-refractivity contribution is -0.146. The Bertz CT molecular complexity index is 482. The Balaban J connectivity index is 2.24. The van der Waals surface area contributed by atoms with Crippen LogP contribution in [0.3, 0.4) is 0 Å². The number of rotatable bonds is 3. The third-order valence-corrected chi connectivity index (χ3v) is 2.98. The number of benzene rings is 1. The number of nitrogens with zero attached hydrogens (tertiary/aromatic N) is 1. The summed E-state index contributed by atoms with van der Waals surface area (Å²) in [7, 11) is 0. The van der Waals surface area contributed by atoms with Crippen molar-refractivity contribution in [1.82, 2.24) is 0 Å². The van der Waals surface area contributed by atoms with E-state index >= 15 is 0 Å². The molecule has 2 atom stereocenters. The van der Waals surface area contributed by atoms with Gasteiger partial charge in [-0.2, -0.15) is 0 Å². The molecule has 0 fully saturated rings. The van der Waals surface area contributed by atoms with E-state index in [1.807, 2.05) is 26.0 Å². The highest BCUT2D eigenvalue weighted by Crippen LogP contribution is 2.30. The molecule has 0 radical (unpaired) electrons. The van der Waals surface area contributed by atoms with Crippen LogP contribution in [0.25, 0.3) is 0 Å². The van der Waals surface area contributed by atoms with E-state index in [1.165, 1.54) is 12.0 Å². The van der Waals surface area contributed by atoms with E-state index in [4.69, 9.17) is 9.47 Å². The number of ether oxygens (including phenoxy) is 2. The quantitative estimate of drug-likeness (QED) is 0.770. The van der Waals surface area contributed by atoms with E-state index in [0.717, 1.165) is 11.1 Å². The fourth-order valence-electron chi connectivity index (χ4n) is 2.12. The molecule has 0 amide bonds. The van der Waals surface area contributed by atoms with Gasteiger partial charge < -0.3 is 9.47 Å². The summed E-state index contributed by atoms with van der Waals surface area (Å²) in [4.78, 5) is 15.8. The summed E-state index contributed by atoms with van der Waals surface area (Å²) < 4.78 is 10.5. The second-order valence-electron chi connectivity index (χ2n) is 4.37. The van der Waals surface area contributed by atoms with Crippen LogP contribution >= 0.6 is 0 Å². The number of esters is 1. The summed E-state index contributed by atoms with van der Waals surface area (Å²) in [5.74, 6) is -0.337. The molecule has 0 bridgehead atoms. The normalized spacial score (nSPS) is 21.7. The predicted octanol–water partition coefficient (Wildman–Crippen LogP) is 2.33. The predicted molar refractivity (Wildman–Crippen MR) is 68.7 cm³/mol. The van der Waals surface area contributed by atoms with E-state index in [2.05, 4.69) is 11.1 Å². The van der Waals surface area contributed by atoms with Crippen LogP contribution in [0.5, 0.6) is 0 Å². The molecule has 1 aliphatic heterocycles. The summed E-state index contributed by atoms with van der Waals surface area (Å²) >= 11 is 0. The maximum absolute atomic E-state index is 11.8. The molecule has 96 valence electrons. The van der Waals surface area contributed by atoms with Crippen LogP contribution in [-0.4, -0.2) is 25.0 Å². The van der Waals surface area contributed by atoms with Crippen molar-refractivity contribution < 1.29 is 14.3 Å². The SMILES string of the molecule is CCOC(=O)C1N=COC1c1ccc(C)cc1C. The van der Waals surface area contributed by atoms with E-state index in [1.54, 1.807) is 6.92 Å². The number of aliphatic imine (C=N–C) groups is 1. The highest BCUT2D eigenvalue weighted by Gasteiger charge is 2.35. The van der Waals surface area contributed by atoms with E-state index in [0.29, 0.717) is 6.61 Å². The molecule has 0 saturated heterocycles. The Morgan fingerprint density at radius 3 is 2.89 bits per heavy atom. The molecule has 0 saturated carbocycles. The van der Waals surface area contributed by atoms with Crippen molar-refractivity contribution >= 4 is 12.4 Å². The first-order valence-electron chi connectivity index (χ1n) is 6.04. The number of hydrogen-bond acceptors (Lipinski definition) is 4. The molecular weight excluding hydrogens is 230 g/mol. The van der Waals surface area contributed by atoms with Crippen LogP contribution in [0, 0.1) is 13.8 Å². The van der Waals surface area contributed by atoms with Gasteiger partial charge in [-0.3, -0.25) is 0 Å². The third-order valence-electron chi connectivity index (χ3n) is 2.98. The standard InChI is InChI=1S/C14H17NO3/c1-4-17-14(16)12-13(18-8-15-12)11-6-5-9(2)7-10(11)3/h5-8,12-13H,4H2,1-3H3. The molecule has 2 rings (SSSR count). The molecule has 18 heavy (non-hydrogen) atoms. The van der Waals surface area contributed by atoms with Crippen LogP contribution in [0.15, 0.2) is 23.2 Å². The first-order chi connectivity index (χ1) is 8.63. The average molecular weight is 247 g/mol. The molecule has 0 N–H and O–H groups in total. The van der Waals surface area contributed by atoms with Crippen LogP contribution in [0.2, 0.25) is 0 Å². The summed E-state index contributed by atoms with van der Waals surface area (Å²) in [5, 5.41) is 0. The van der Waals surface area contributed by atoms with Crippen molar-refractivity contribution in [2.75, 3.05) is 6.61 Å². The van der Waals surface area contributed by atoms with Crippen molar-refractivity contribution in [3.8, 4) is 0 Å². The average Bonchev–Trinajstić information content (AvgIpc) is 2.78. The van der Waals surface area contributed by atoms with Crippen LogP contribution < -0.4 is 0 Å². The van der Waals surface area contributed by atoms with E-state index < -0.39 is 6.04 Å². The molecule has 1 heterocycles. The smallest absolute Gasteiger partial charge is 0.335 e. The number of hydrogen-bond donors (Lipinski definition) is 0. The maximum Gasteiger partial charge on any atom is 0.335 e. The molecule has 1 aliphatic rings. The van der Waals surface area contributed by atoms with Gasteiger partial charge in [-0.15, -0.1) is 0 Å². The summed E-state index contributed by atoms with van der Waals surface area (Å²) in [6.45, 7) is 6.17. The Hall–Kier alpha value is -1.84. The van der Waals surface area contributed by atoms with Crippen LogP contribution in [-0.2, 0) is 14.3 Å². The highest BCUT2D eigenvalue weighted by molar-refractivity contribution is 5.80. The molecule has 4 heteroatoms. The Kier molecular flexibility index (Phi) is 3.65. The van der Waals surface area contributed by atoms with E-state index in [-0.39, 0.29) is 12.1 Å². The van der Waals surface area contributed by atoms with Crippen molar-refractivity contribution in [2.45, 2.75) is 32.9 Å². The van der Waals surface area contributed by atoms with Gasteiger partial charge >= 0.3 is 5.97 Å². The minimum atomic E-state index is -0.591. The Morgan fingerprint density at radius 2 is 2.22 bits per heavy atom. The summed E-state index contributed by atoms with van der Waals surface area (Å²) in [6.07, 6.45) is 0.968. The van der Waals surface area contributed by atoms with Gasteiger partial charge in [0.2, 0.25) is 0 Å². The van der Waals surface area contributed by atoms with Gasteiger partial charge in [-0.25, -0.2) is 9.79 Å². The zero-order valence-corrected chi connectivity index (χ0v) is 10.8. The monoisotopic (exact) mass is 247 g/mol. The zero-order chi connectivity index (χ0) is 13.1. The van der Waals surface area contributed by atoms with E-state index in [9.17, 15) is 4.79 Å². The molecule has 1 aromatic carbocycles. The van der Waals surface area contributed by atoms with Gasteiger partial charge in [-0.1, -0.05) is 23.8 Å². The molecule has 4 nitrogen and oxygen atoms in total. The molecule has 1 aromatic rings. The van der Waals surface area contributed by atoms with Gasteiger partial charge in [0, 0.05) is 0 Å². The van der Waals surface area contributed by atoms with Crippen molar-refractivity contribution in [2.24, 2.45) is 4.99 Å². The lowest BCUT2D eigenvalue weighted by Crippen LogP contribution is -2.26. The number of aryl methyl sites for hydroxylation is 2. The topological polar surface area (TPSA) is 47.9 Å². The highest BCUT2D eigenvalue weighted by atomic mass is 16.5. The van der Waals surface area contributed by atoms with Gasteiger partial charge in [-0.05, 0) is 31.9 Å². The minimum absolute atomic E-state index is 0.337. The van der Waals surface area contributed by atoms with Crippen LogP contribution in [0.1, 0.15) is 29.7 Å². The fraction of sp³-hybridized carbons (Fsp3) is 0.429. The first kappa shape index (κ1) is 12.6. The number of carbonyl (C=O) groups excluding carboxylic acids is 1. The summed E-state index contributed by atoms with van der Waals surface area (Å²) in [5.41, 5.74) is 3.26. The van der Waals surface area contributed by atoms with Gasteiger partial charge in [0.1, 0.15) is 0 Å². The zero-order valence-electron chi connectivity index (χ0n) is 10.8. The Labute approximate surface area is 107 Å². The minimum Gasteiger partial charge on any atom is -0.473 e.